The number of carbonyl (C=O) groups is 2. The van der Waals surface area contributed by atoms with Gasteiger partial charge in [0.2, 0.25) is 5.91 Å². The molecule has 1 aliphatic rings. The summed E-state index contributed by atoms with van der Waals surface area (Å²) in [6.07, 6.45) is 6.12. The molecular formula is C23H29N3O3. The maximum absolute atomic E-state index is 12.4. The van der Waals surface area contributed by atoms with E-state index in [1.54, 1.807) is 55.6 Å². The summed E-state index contributed by atoms with van der Waals surface area (Å²) in [6, 6.07) is 14.1. The first-order chi connectivity index (χ1) is 14.1. The first-order valence-electron chi connectivity index (χ1n) is 10.2. The second kappa shape index (κ2) is 10.6. The van der Waals surface area contributed by atoms with E-state index in [-0.39, 0.29) is 11.8 Å². The summed E-state index contributed by atoms with van der Waals surface area (Å²) in [4.78, 5) is 27.0. The van der Waals surface area contributed by atoms with Crippen molar-refractivity contribution < 1.29 is 14.3 Å². The van der Waals surface area contributed by atoms with Crippen LogP contribution in [0.2, 0.25) is 0 Å². The average Bonchev–Trinajstić information content (AvgIpc) is 2.71. The lowest BCUT2D eigenvalue weighted by Crippen LogP contribution is -2.35. The van der Waals surface area contributed by atoms with Gasteiger partial charge < -0.3 is 15.4 Å². The second-order valence-corrected chi connectivity index (χ2v) is 7.35. The van der Waals surface area contributed by atoms with E-state index in [1.807, 2.05) is 0 Å². The summed E-state index contributed by atoms with van der Waals surface area (Å²) >= 11 is 0. The fourth-order valence-electron chi connectivity index (χ4n) is 3.46. The van der Waals surface area contributed by atoms with Gasteiger partial charge in [-0.3, -0.25) is 14.5 Å². The lowest BCUT2D eigenvalue weighted by molar-refractivity contribution is -0.117. The predicted octanol–water partition coefficient (Wildman–Crippen LogP) is 4.15. The van der Waals surface area contributed by atoms with Crippen molar-refractivity contribution in [3.8, 4) is 5.75 Å². The molecule has 0 unspecified atom stereocenters. The molecule has 2 aromatic rings. The summed E-state index contributed by atoms with van der Waals surface area (Å²) in [5.41, 5.74) is 1.92. The average molecular weight is 396 g/mol. The minimum Gasteiger partial charge on any atom is -0.497 e. The standard InChI is InChI=1S/C23H29N3O3/c1-29-21-13-11-20(12-14-21)25-23(28)18-7-9-19(10-8-18)24-22(27)17-26-15-5-3-2-4-6-16-26/h7-14H,2-6,15-17H2,1H3,(H,24,27)(H,25,28). The summed E-state index contributed by atoms with van der Waals surface area (Å²) in [6.45, 7) is 2.38. The molecule has 0 bridgehead atoms. The van der Waals surface area contributed by atoms with E-state index in [4.69, 9.17) is 4.74 Å². The molecule has 154 valence electrons. The van der Waals surface area contributed by atoms with Gasteiger partial charge in [0.1, 0.15) is 5.75 Å². The predicted molar refractivity (Wildman–Crippen MR) is 116 cm³/mol. The van der Waals surface area contributed by atoms with E-state index in [1.165, 1.54) is 19.3 Å². The number of nitrogens with zero attached hydrogens (tertiary/aromatic N) is 1. The van der Waals surface area contributed by atoms with Gasteiger partial charge in [-0.05, 0) is 74.5 Å². The van der Waals surface area contributed by atoms with E-state index < -0.39 is 0 Å². The molecule has 29 heavy (non-hydrogen) atoms. The third-order valence-electron chi connectivity index (χ3n) is 5.09. The molecule has 1 saturated heterocycles. The molecular weight excluding hydrogens is 366 g/mol. The third kappa shape index (κ3) is 6.61. The van der Waals surface area contributed by atoms with Crippen LogP contribution in [-0.2, 0) is 4.79 Å². The Morgan fingerprint density at radius 1 is 0.828 bits per heavy atom. The summed E-state index contributed by atoms with van der Waals surface area (Å²) in [5, 5.41) is 5.77. The SMILES string of the molecule is COc1ccc(NC(=O)c2ccc(NC(=O)CN3CCCCCCC3)cc2)cc1. The number of hydrogen-bond acceptors (Lipinski definition) is 4. The first-order valence-corrected chi connectivity index (χ1v) is 10.2. The van der Waals surface area contributed by atoms with E-state index >= 15 is 0 Å². The third-order valence-corrected chi connectivity index (χ3v) is 5.09. The summed E-state index contributed by atoms with van der Waals surface area (Å²) in [5.74, 6) is 0.522. The van der Waals surface area contributed by atoms with Crippen LogP contribution in [0.25, 0.3) is 0 Å². The fourth-order valence-corrected chi connectivity index (χ4v) is 3.46. The van der Waals surface area contributed by atoms with Crippen molar-refractivity contribution in [3.63, 3.8) is 0 Å². The van der Waals surface area contributed by atoms with Crippen LogP contribution in [0, 0.1) is 0 Å². The Balaban J connectivity index is 1.50. The van der Waals surface area contributed by atoms with Gasteiger partial charge in [-0.25, -0.2) is 0 Å². The minimum atomic E-state index is -0.200. The van der Waals surface area contributed by atoms with Crippen molar-refractivity contribution in [2.45, 2.75) is 32.1 Å². The van der Waals surface area contributed by atoms with Crippen molar-refractivity contribution in [3.05, 3.63) is 54.1 Å². The largest absolute Gasteiger partial charge is 0.497 e. The van der Waals surface area contributed by atoms with Crippen LogP contribution in [0.1, 0.15) is 42.5 Å². The van der Waals surface area contributed by atoms with Crippen LogP contribution in [0.4, 0.5) is 11.4 Å². The summed E-state index contributed by atoms with van der Waals surface area (Å²) < 4.78 is 5.11. The molecule has 2 N–H and O–H groups in total. The first kappa shape index (κ1) is 20.9. The highest BCUT2D eigenvalue weighted by Gasteiger charge is 2.13. The molecule has 0 saturated carbocycles. The van der Waals surface area contributed by atoms with Gasteiger partial charge in [0.05, 0.1) is 13.7 Å². The fraction of sp³-hybridized carbons (Fsp3) is 0.391. The number of rotatable bonds is 6. The highest BCUT2D eigenvalue weighted by Crippen LogP contribution is 2.17. The molecule has 1 fully saturated rings. The van der Waals surface area contributed by atoms with Crippen LogP contribution >= 0.6 is 0 Å². The zero-order valence-electron chi connectivity index (χ0n) is 16.9. The number of carbonyl (C=O) groups excluding carboxylic acids is 2. The van der Waals surface area contributed by atoms with Crippen molar-refractivity contribution in [2.75, 3.05) is 37.4 Å². The molecule has 0 aliphatic carbocycles. The van der Waals surface area contributed by atoms with Gasteiger partial charge in [-0.1, -0.05) is 19.3 Å². The maximum Gasteiger partial charge on any atom is 0.255 e. The highest BCUT2D eigenvalue weighted by atomic mass is 16.5. The minimum absolute atomic E-state index is 0.0130. The number of ether oxygens (including phenoxy) is 1. The molecule has 6 heteroatoms. The molecule has 0 atom stereocenters. The lowest BCUT2D eigenvalue weighted by Gasteiger charge is -2.23. The Morgan fingerprint density at radius 2 is 1.38 bits per heavy atom. The van der Waals surface area contributed by atoms with Gasteiger partial charge in [0.25, 0.3) is 5.91 Å². The number of hydrogen-bond donors (Lipinski definition) is 2. The van der Waals surface area contributed by atoms with Gasteiger partial charge in [-0.15, -0.1) is 0 Å². The normalized spacial score (nSPS) is 15.1. The van der Waals surface area contributed by atoms with E-state index in [9.17, 15) is 9.59 Å². The van der Waals surface area contributed by atoms with Gasteiger partial charge in [-0.2, -0.15) is 0 Å². The van der Waals surface area contributed by atoms with Crippen molar-refractivity contribution >= 4 is 23.2 Å². The van der Waals surface area contributed by atoms with E-state index in [0.717, 1.165) is 31.7 Å². The maximum atomic E-state index is 12.4. The number of anilines is 2. The molecule has 2 amide bonds. The van der Waals surface area contributed by atoms with Crippen LogP contribution < -0.4 is 15.4 Å². The Kier molecular flexibility index (Phi) is 7.64. The smallest absolute Gasteiger partial charge is 0.255 e. The van der Waals surface area contributed by atoms with Crippen LogP contribution in [0.5, 0.6) is 5.75 Å². The number of likely N-dealkylation sites (tertiary alicyclic amines) is 1. The number of amides is 2. The van der Waals surface area contributed by atoms with E-state index in [2.05, 4.69) is 15.5 Å². The molecule has 2 aromatic carbocycles. The van der Waals surface area contributed by atoms with Gasteiger partial charge >= 0.3 is 0 Å². The Morgan fingerprint density at radius 3 is 2.00 bits per heavy atom. The zero-order chi connectivity index (χ0) is 20.5. The molecule has 3 rings (SSSR count). The quantitative estimate of drug-likeness (QED) is 0.771. The van der Waals surface area contributed by atoms with Crippen LogP contribution in [0.15, 0.2) is 48.5 Å². The topological polar surface area (TPSA) is 70.7 Å². The van der Waals surface area contributed by atoms with Crippen molar-refractivity contribution in [1.82, 2.24) is 4.90 Å². The Hall–Kier alpha value is -2.86. The Labute approximate surface area is 172 Å². The number of nitrogens with one attached hydrogen (secondary N) is 2. The monoisotopic (exact) mass is 395 g/mol. The number of benzene rings is 2. The zero-order valence-corrected chi connectivity index (χ0v) is 16.9. The second-order valence-electron chi connectivity index (χ2n) is 7.35. The van der Waals surface area contributed by atoms with Gasteiger partial charge in [0.15, 0.2) is 0 Å². The molecule has 6 nitrogen and oxygen atoms in total. The Bertz CT molecular complexity index is 795. The number of methoxy groups -OCH3 is 1. The summed E-state index contributed by atoms with van der Waals surface area (Å²) in [7, 11) is 1.60. The lowest BCUT2D eigenvalue weighted by atomic mass is 10.1. The van der Waals surface area contributed by atoms with Crippen molar-refractivity contribution in [1.29, 1.82) is 0 Å². The molecule has 1 aliphatic heterocycles. The highest BCUT2D eigenvalue weighted by molar-refractivity contribution is 6.04. The van der Waals surface area contributed by atoms with Crippen LogP contribution in [-0.4, -0.2) is 43.5 Å². The van der Waals surface area contributed by atoms with Gasteiger partial charge in [0, 0.05) is 16.9 Å². The van der Waals surface area contributed by atoms with Crippen LogP contribution in [0.3, 0.4) is 0 Å². The molecule has 0 spiro atoms. The van der Waals surface area contributed by atoms with Crippen molar-refractivity contribution in [2.24, 2.45) is 0 Å². The molecule has 1 heterocycles. The molecule has 0 radical (unpaired) electrons. The molecule has 0 aromatic heterocycles. The van der Waals surface area contributed by atoms with E-state index in [0.29, 0.717) is 23.5 Å².